The Morgan fingerprint density at radius 3 is 2.29 bits per heavy atom. The molecule has 1 rings (SSSR count). The summed E-state index contributed by atoms with van der Waals surface area (Å²) in [5.74, 6) is -1.37. The second-order valence-electron chi connectivity index (χ2n) is 3.82. The number of rotatable bonds is 5. The van der Waals surface area contributed by atoms with Crippen LogP contribution in [-0.2, 0) is 9.59 Å². The zero-order valence-corrected chi connectivity index (χ0v) is 11.2. The van der Waals surface area contributed by atoms with Gasteiger partial charge in [-0.2, -0.15) is 0 Å². The smallest absolute Gasteiger partial charge is 0.328 e. The molecule has 0 aliphatic carbocycles. The number of nitrogens with one attached hydrogen (secondary N) is 2. The molecule has 6 nitrogen and oxygen atoms in total. The molecule has 1 atom stereocenters. The number of aliphatic hydroxyl groups is 1. The van der Waals surface area contributed by atoms with Crippen LogP contribution in [0.15, 0.2) is 12.7 Å². The zero-order valence-electron chi connectivity index (χ0n) is 9.03. The molecule has 1 aliphatic heterocycles. The van der Waals surface area contributed by atoms with Crippen molar-refractivity contribution in [2.45, 2.75) is 18.9 Å². The summed E-state index contributed by atoms with van der Waals surface area (Å²) in [5, 5.41) is 13.7. The predicted octanol–water partition coefficient (Wildman–Crippen LogP) is 0.101. The van der Waals surface area contributed by atoms with Crippen LogP contribution in [0.3, 0.4) is 0 Å². The maximum Gasteiger partial charge on any atom is 0.328 e. The van der Waals surface area contributed by atoms with Crippen molar-refractivity contribution >= 4 is 40.4 Å². The molecule has 3 N–H and O–H groups in total. The van der Waals surface area contributed by atoms with Gasteiger partial charge < -0.3 is 5.11 Å². The molecule has 1 saturated heterocycles. The number of hydrogen-bond donors (Lipinski definition) is 3. The largest absolute Gasteiger partial charge is 0.392 e. The number of alkyl halides is 1. The second-order valence-corrected chi connectivity index (χ2v) is 4.71. The van der Waals surface area contributed by atoms with E-state index in [1.165, 1.54) is 6.08 Å². The summed E-state index contributed by atoms with van der Waals surface area (Å²) in [5.41, 5.74) is -1.44. The third-order valence-electron chi connectivity index (χ3n) is 2.58. The molecule has 0 aromatic rings. The van der Waals surface area contributed by atoms with Crippen LogP contribution in [0.4, 0.5) is 4.79 Å². The summed E-state index contributed by atoms with van der Waals surface area (Å²) >= 11 is 1.96. The first-order chi connectivity index (χ1) is 7.96. The highest BCUT2D eigenvalue weighted by atomic mass is 127. The average molecular weight is 352 g/mol. The lowest BCUT2D eigenvalue weighted by atomic mass is 9.76. The molecule has 1 unspecified atom stereocenters. The first kappa shape index (κ1) is 14.1. The molecule has 0 aromatic carbocycles. The molecule has 0 saturated carbocycles. The molecule has 0 bridgehead atoms. The van der Waals surface area contributed by atoms with Crippen molar-refractivity contribution in [1.29, 1.82) is 0 Å². The second kappa shape index (κ2) is 5.58. The zero-order chi connectivity index (χ0) is 13.1. The maximum absolute atomic E-state index is 11.8. The van der Waals surface area contributed by atoms with Gasteiger partial charge in [0, 0.05) is 4.43 Å². The predicted molar refractivity (Wildman–Crippen MR) is 68.4 cm³/mol. The quantitative estimate of drug-likeness (QED) is 0.283. The van der Waals surface area contributed by atoms with Crippen molar-refractivity contribution < 1.29 is 19.5 Å². The fourth-order valence-corrected chi connectivity index (χ4v) is 2.05. The highest BCUT2D eigenvalue weighted by molar-refractivity contribution is 14.1. The number of carbonyl (C=O) groups is 3. The molecule has 4 amide bonds. The fraction of sp³-hybridized carbons (Fsp3) is 0.500. The van der Waals surface area contributed by atoms with Gasteiger partial charge >= 0.3 is 6.03 Å². The molecule has 1 heterocycles. The van der Waals surface area contributed by atoms with Crippen LogP contribution in [-0.4, -0.2) is 33.5 Å². The third kappa shape index (κ3) is 2.83. The Kier molecular flexibility index (Phi) is 4.63. The Labute approximate surface area is 112 Å². The SMILES string of the molecule is C=CCC1(CC(O)CI)C(=O)NC(=O)NC1=O. The molecule has 94 valence electrons. The summed E-state index contributed by atoms with van der Waals surface area (Å²) in [6.45, 7) is 3.49. The van der Waals surface area contributed by atoms with E-state index in [1.807, 2.05) is 33.2 Å². The van der Waals surface area contributed by atoms with E-state index in [4.69, 9.17) is 0 Å². The van der Waals surface area contributed by atoms with E-state index in [0.717, 1.165) is 0 Å². The van der Waals surface area contributed by atoms with Gasteiger partial charge in [0.2, 0.25) is 11.8 Å². The van der Waals surface area contributed by atoms with E-state index in [0.29, 0.717) is 4.43 Å². The lowest BCUT2D eigenvalue weighted by Gasteiger charge is -2.34. The molecular weight excluding hydrogens is 339 g/mol. The van der Waals surface area contributed by atoms with Crippen molar-refractivity contribution in [2.75, 3.05) is 4.43 Å². The highest BCUT2D eigenvalue weighted by Crippen LogP contribution is 2.31. The van der Waals surface area contributed by atoms with Gasteiger partial charge in [-0.1, -0.05) is 28.7 Å². The number of allylic oxidation sites excluding steroid dienone is 1. The van der Waals surface area contributed by atoms with Crippen LogP contribution >= 0.6 is 22.6 Å². The standard InChI is InChI=1S/C10H13IN2O4/c1-2-3-10(4-6(14)5-11)7(15)12-9(17)13-8(10)16/h2,6,14H,1,3-5H2,(H2,12,13,15,16,17). The van der Waals surface area contributed by atoms with Gasteiger partial charge in [-0.3, -0.25) is 20.2 Å². The van der Waals surface area contributed by atoms with E-state index in [-0.39, 0.29) is 12.8 Å². The minimum Gasteiger partial charge on any atom is -0.392 e. The van der Waals surface area contributed by atoms with E-state index >= 15 is 0 Å². The molecule has 1 aliphatic rings. The lowest BCUT2D eigenvalue weighted by molar-refractivity contribution is -0.146. The number of halogens is 1. The van der Waals surface area contributed by atoms with Crippen LogP contribution in [0.1, 0.15) is 12.8 Å². The minimum absolute atomic E-state index is 0.0348. The van der Waals surface area contributed by atoms with Crippen molar-refractivity contribution in [3.05, 3.63) is 12.7 Å². The lowest BCUT2D eigenvalue weighted by Crippen LogP contribution is -2.63. The maximum atomic E-state index is 11.8. The molecule has 17 heavy (non-hydrogen) atoms. The molecular formula is C10H13IN2O4. The van der Waals surface area contributed by atoms with Gasteiger partial charge in [-0.05, 0) is 12.8 Å². The van der Waals surface area contributed by atoms with E-state index in [1.54, 1.807) is 0 Å². The number of carbonyl (C=O) groups excluding carboxylic acids is 3. The Bertz CT molecular complexity index is 349. The van der Waals surface area contributed by atoms with Crippen molar-refractivity contribution in [1.82, 2.24) is 10.6 Å². The summed E-state index contributed by atoms with van der Waals surface area (Å²) in [7, 11) is 0. The number of imide groups is 2. The van der Waals surface area contributed by atoms with Gasteiger partial charge in [0.1, 0.15) is 5.41 Å². The summed E-state index contributed by atoms with van der Waals surface area (Å²) in [4.78, 5) is 34.6. The van der Waals surface area contributed by atoms with E-state index in [9.17, 15) is 19.5 Å². The Morgan fingerprint density at radius 1 is 1.35 bits per heavy atom. The molecule has 0 spiro atoms. The summed E-state index contributed by atoms with van der Waals surface area (Å²) in [6, 6.07) is -0.830. The first-order valence-corrected chi connectivity index (χ1v) is 6.50. The van der Waals surface area contributed by atoms with Crippen molar-refractivity contribution in [3.8, 4) is 0 Å². The van der Waals surface area contributed by atoms with Gasteiger partial charge in [0.15, 0.2) is 0 Å². The van der Waals surface area contributed by atoms with Gasteiger partial charge in [-0.25, -0.2) is 4.79 Å². The normalized spacial score (nSPS) is 20.5. The first-order valence-electron chi connectivity index (χ1n) is 4.98. The Balaban J connectivity index is 3.03. The Morgan fingerprint density at radius 2 is 1.88 bits per heavy atom. The van der Waals surface area contributed by atoms with Crippen LogP contribution in [0.2, 0.25) is 0 Å². The minimum atomic E-state index is -1.44. The van der Waals surface area contributed by atoms with Crippen LogP contribution < -0.4 is 10.6 Å². The third-order valence-corrected chi connectivity index (χ3v) is 3.60. The Hall–Kier alpha value is -0.960. The number of barbiturate groups is 1. The average Bonchev–Trinajstić information content (AvgIpc) is 2.25. The highest BCUT2D eigenvalue weighted by Gasteiger charge is 2.50. The molecule has 0 aromatic heterocycles. The summed E-state index contributed by atoms with van der Waals surface area (Å²) in [6.07, 6.45) is 0.674. The summed E-state index contributed by atoms with van der Waals surface area (Å²) < 4.78 is 0.394. The van der Waals surface area contributed by atoms with Crippen LogP contribution in [0, 0.1) is 5.41 Å². The molecule has 1 fully saturated rings. The molecule has 7 heteroatoms. The molecule has 0 radical (unpaired) electrons. The van der Waals surface area contributed by atoms with Crippen LogP contribution in [0.25, 0.3) is 0 Å². The number of urea groups is 1. The number of aliphatic hydroxyl groups excluding tert-OH is 1. The van der Waals surface area contributed by atoms with Crippen LogP contribution in [0.5, 0.6) is 0 Å². The van der Waals surface area contributed by atoms with Gasteiger partial charge in [0.25, 0.3) is 0 Å². The van der Waals surface area contributed by atoms with Gasteiger partial charge in [0.05, 0.1) is 6.10 Å². The number of hydrogen-bond acceptors (Lipinski definition) is 4. The van der Waals surface area contributed by atoms with Crippen molar-refractivity contribution in [2.24, 2.45) is 5.41 Å². The van der Waals surface area contributed by atoms with E-state index in [2.05, 4.69) is 6.58 Å². The van der Waals surface area contributed by atoms with E-state index < -0.39 is 29.4 Å². The van der Waals surface area contributed by atoms with Crippen molar-refractivity contribution in [3.63, 3.8) is 0 Å². The fourth-order valence-electron chi connectivity index (χ4n) is 1.74. The van der Waals surface area contributed by atoms with Gasteiger partial charge in [-0.15, -0.1) is 6.58 Å². The topological polar surface area (TPSA) is 95.5 Å². The number of amides is 4. The monoisotopic (exact) mass is 352 g/mol.